The van der Waals surface area contributed by atoms with E-state index in [4.69, 9.17) is 4.74 Å². The highest BCUT2D eigenvalue weighted by atomic mass is 32.1. The molecular weight excluding hydrogens is 425 g/mol. The van der Waals surface area contributed by atoms with Gasteiger partial charge >= 0.3 is 6.18 Å². The molecule has 0 aliphatic carbocycles. The van der Waals surface area contributed by atoms with Crippen molar-refractivity contribution in [3.05, 3.63) is 57.8 Å². The summed E-state index contributed by atoms with van der Waals surface area (Å²) in [6, 6.07) is 7.24. The molecular formula is C23H29F3N2O2S. The second-order valence-corrected chi connectivity index (χ2v) is 8.56. The minimum Gasteiger partial charge on any atom is -0.381 e. The first kappa shape index (κ1) is 23.8. The molecule has 2 heterocycles. The maximum absolute atomic E-state index is 13.5. The number of amides is 1. The smallest absolute Gasteiger partial charge is 0.381 e. The molecule has 1 aliphatic rings. The Morgan fingerprint density at radius 3 is 2.52 bits per heavy atom. The molecule has 2 aromatic rings. The van der Waals surface area contributed by atoms with Gasteiger partial charge in [0.25, 0.3) is 0 Å². The van der Waals surface area contributed by atoms with E-state index in [0.29, 0.717) is 38.2 Å². The average molecular weight is 455 g/mol. The summed E-state index contributed by atoms with van der Waals surface area (Å²) in [6.07, 6.45) is -3.74. The Balaban J connectivity index is 1.87. The van der Waals surface area contributed by atoms with Gasteiger partial charge in [-0.2, -0.15) is 24.5 Å². The van der Waals surface area contributed by atoms with Gasteiger partial charge in [-0.05, 0) is 60.0 Å². The molecule has 1 N–H and O–H groups in total. The molecule has 1 atom stereocenters. The van der Waals surface area contributed by atoms with Gasteiger partial charge in [0.15, 0.2) is 0 Å². The summed E-state index contributed by atoms with van der Waals surface area (Å²) in [4.78, 5) is 15.8. The molecule has 0 saturated carbocycles. The van der Waals surface area contributed by atoms with Gasteiger partial charge < -0.3 is 10.1 Å². The first-order valence-corrected chi connectivity index (χ1v) is 11.6. The van der Waals surface area contributed by atoms with Crippen LogP contribution < -0.4 is 5.32 Å². The lowest BCUT2D eigenvalue weighted by Gasteiger charge is -2.37. The van der Waals surface area contributed by atoms with Gasteiger partial charge in [-0.15, -0.1) is 0 Å². The van der Waals surface area contributed by atoms with Gasteiger partial charge in [0.05, 0.1) is 17.0 Å². The van der Waals surface area contributed by atoms with Crippen LogP contribution in [-0.2, 0) is 21.1 Å². The number of nitrogens with zero attached hydrogens (tertiary/aromatic N) is 1. The van der Waals surface area contributed by atoms with Crippen LogP contribution in [0.15, 0.2) is 41.1 Å². The minimum absolute atomic E-state index is 0.0172. The summed E-state index contributed by atoms with van der Waals surface area (Å²) in [5, 5.41) is 7.16. The molecule has 1 fully saturated rings. The Morgan fingerprint density at radius 2 is 1.94 bits per heavy atom. The highest BCUT2D eigenvalue weighted by molar-refractivity contribution is 7.07. The summed E-state index contributed by atoms with van der Waals surface area (Å²) >= 11 is 1.61. The molecule has 3 rings (SSSR count). The lowest BCUT2D eigenvalue weighted by molar-refractivity contribution is -0.138. The lowest BCUT2D eigenvalue weighted by Crippen LogP contribution is -2.50. The molecule has 4 nitrogen and oxygen atoms in total. The van der Waals surface area contributed by atoms with Crippen LogP contribution in [0.5, 0.6) is 0 Å². The van der Waals surface area contributed by atoms with Crippen LogP contribution in [0.25, 0.3) is 0 Å². The molecule has 170 valence electrons. The second-order valence-electron chi connectivity index (χ2n) is 7.78. The summed E-state index contributed by atoms with van der Waals surface area (Å²) < 4.78 is 45.4. The zero-order valence-corrected chi connectivity index (χ0v) is 18.7. The molecule has 0 bridgehead atoms. The van der Waals surface area contributed by atoms with E-state index in [1.54, 1.807) is 17.4 Å². The van der Waals surface area contributed by atoms with Gasteiger partial charge in [0.1, 0.15) is 0 Å². The number of carbonyl (C=O) groups is 1. The van der Waals surface area contributed by atoms with Crippen molar-refractivity contribution in [2.75, 3.05) is 32.8 Å². The first-order valence-electron chi connectivity index (χ1n) is 10.6. The van der Waals surface area contributed by atoms with E-state index in [1.807, 2.05) is 5.38 Å². The number of hydrogen-bond donors (Lipinski definition) is 1. The van der Waals surface area contributed by atoms with Gasteiger partial charge in [0.2, 0.25) is 5.91 Å². The Labute approximate surface area is 185 Å². The molecule has 1 amide bonds. The fraction of sp³-hybridized carbons (Fsp3) is 0.522. The molecule has 1 aromatic heterocycles. The largest absolute Gasteiger partial charge is 0.416 e. The molecule has 1 saturated heterocycles. The predicted octanol–water partition coefficient (Wildman–Crippen LogP) is 5.01. The molecule has 8 heteroatoms. The second kappa shape index (κ2) is 10.1. The SMILES string of the molecule is CCN(CC)C(CNC(=O)C1(c2cccc(C(F)(F)F)c2)CCOCC1)c1ccsc1. The van der Waals surface area contributed by atoms with Gasteiger partial charge in [0, 0.05) is 19.8 Å². The Bertz CT molecular complexity index is 845. The van der Waals surface area contributed by atoms with Crippen molar-refractivity contribution >= 4 is 17.2 Å². The number of nitrogens with one attached hydrogen (secondary N) is 1. The van der Waals surface area contributed by atoms with Crippen molar-refractivity contribution < 1.29 is 22.7 Å². The quantitative estimate of drug-likeness (QED) is 0.609. The number of ether oxygens (including phenoxy) is 1. The highest BCUT2D eigenvalue weighted by Crippen LogP contribution is 2.38. The van der Waals surface area contributed by atoms with Crippen LogP contribution in [0.4, 0.5) is 13.2 Å². The Kier molecular flexibility index (Phi) is 7.78. The van der Waals surface area contributed by atoms with Crippen LogP contribution in [0.3, 0.4) is 0 Å². The third-order valence-corrected chi connectivity index (χ3v) is 6.86. The van der Waals surface area contributed by atoms with E-state index < -0.39 is 17.2 Å². The van der Waals surface area contributed by atoms with Gasteiger partial charge in [-0.25, -0.2) is 0 Å². The fourth-order valence-corrected chi connectivity index (χ4v) is 5.01. The number of alkyl halides is 3. The van der Waals surface area contributed by atoms with E-state index in [9.17, 15) is 18.0 Å². The van der Waals surface area contributed by atoms with Crippen LogP contribution in [-0.4, -0.2) is 43.7 Å². The Morgan fingerprint density at radius 1 is 1.23 bits per heavy atom. The van der Waals surface area contributed by atoms with E-state index >= 15 is 0 Å². The number of carbonyl (C=O) groups excluding carboxylic acids is 1. The number of halogens is 3. The third-order valence-electron chi connectivity index (χ3n) is 6.16. The standard InChI is InChI=1S/C23H29F3N2O2S/c1-3-28(4-2)20(17-8-13-31-16-17)15-27-21(29)22(9-11-30-12-10-22)18-6-5-7-19(14-18)23(24,25)26/h5-8,13-14,16,20H,3-4,9-12,15H2,1-2H3,(H,27,29). The van der Waals surface area contributed by atoms with Crippen LogP contribution in [0, 0.1) is 0 Å². The van der Waals surface area contributed by atoms with Crippen molar-refractivity contribution in [1.29, 1.82) is 0 Å². The first-order chi connectivity index (χ1) is 14.8. The molecule has 1 aromatic carbocycles. The van der Waals surface area contributed by atoms with Crippen LogP contribution in [0.1, 0.15) is 49.4 Å². The van der Waals surface area contributed by atoms with Crippen LogP contribution >= 0.6 is 11.3 Å². The highest BCUT2D eigenvalue weighted by Gasteiger charge is 2.43. The van der Waals surface area contributed by atoms with E-state index in [1.165, 1.54) is 6.07 Å². The summed E-state index contributed by atoms with van der Waals surface area (Å²) in [5.74, 6) is -0.234. The summed E-state index contributed by atoms with van der Waals surface area (Å²) in [6.45, 7) is 6.90. The summed E-state index contributed by atoms with van der Waals surface area (Å²) in [7, 11) is 0. The summed E-state index contributed by atoms with van der Waals surface area (Å²) in [5.41, 5.74) is -0.225. The van der Waals surface area contributed by atoms with E-state index in [-0.39, 0.29) is 11.9 Å². The van der Waals surface area contributed by atoms with Crippen molar-refractivity contribution in [2.24, 2.45) is 0 Å². The number of thiophene rings is 1. The Hall–Kier alpha value is -1.90. The molecule has 1 unspecified atom stereocenters. The van der Waals surface area contributed by atoms with Gasteiger partial charge in [-0.1, -0.05) is 32.0 Å². The number of likely N-dealkylation sites (N-methyl/N-ethyl adjacent to an activating group) is 1. The average Bonchev–Trinajstić information content (AvgIpc) is 3.31. The minimum atomic E-state index is -4.45. The number of rotatable bonds is 8. The van der Waals surface area contributed by atoms with Crippen molar-refractivity contribution in [3.63, 3.8) is 0 Å². The molecule has 0 spiro atoms. The topological polar surface area (TPSA) is 41.6 Å². The van der Waals surface area contributed by atoms with Gasteiger partial charge in [-0.3, -0.25) is 9.69 Å². The van der Waals surface area contributed by atoms with E-state index in [2.05, 4.69) is 35.5 Å². The zero-order valence-electron chi connectivity index (χ0n) is 17.9. The maximum atomic E-state index is 13.5. The van der Waals surface area contributed by atoms with E-state index in [0.717, 1.165) is 30.8 Å². The number of hydrogen-bond acceptors (Lipinski definition) is 4. The third kappa shape index (κ3) is 5.30. The van der Waals surface area contributed by atoms with Crippen molar-refractivity contribution in [3.8, 4) is 0 Å². The van der Waals surface area contributed by atoms with Crippen molar-refractivity contribution in [2.45, 2.75) is 44.3 Å². The van der Waals surface area contributed by atoms with Crippen molar-refractivity contribution in [1.82, 2.24) is 10.2 Å². The van der Waals surface area contributed by atoms with Crippen LogP contribution in [0.2, 0.25) is 0 Å². The molecule has 31 heavy (non-hydrogen) atoms. The normalized spacial score (nSPS) is 17.5. The molecule has 1 aliphatic heterocycles. The predicted molar refractivity (Wildman–Crippen MR) is 116 cm³/mol. The lowest BCUT2D eigenvalue weighted by atomic mass is 9.73. The molecule has 0 radical (unpaired) electrons. The fourth-order valence-electron chi connectivity index (χ4n) is 4.31. The monoisotopic (exact) mass is 454 g/mol. The number of benzene rings is 1. The zero-order chi connectivity index (χ0) is 22.5. The maximum Gasteiger partial charge on any atom is 0.416 e.